The number of carbonyl (C=O) groups excluding carboxylic acids is 2. The van der Waals surface area contributed by atoms with Crippen molar-refractivity contribution in [3.05, 3.63) is 52.8 Å². The number of amides is 2. The van der Waals surface area contributed by atoms with Gasteiger partial charge < -0.3 is 14.7 Å². The summed E-state index contributed by atoms with van der Waals surface area (Å²) in [6, 6.07) is 9.25. The minimum atomic E-state index is -0.278. The lowest BCUT2D eigenvalue weighted by molar-refractivity contribution is -0.116. The van der Waals surface area contributed by atoms with Crippen molar-refractivity contribution in [1.29, 1.82) is 0 Å². The monoisotopic (exact) mass is 380 g/mol. The van der Waals surface area contributed by atoms with Gasteiger partial charge in [0.05, 0.1) is 23.2 Å². The fourth-order valence-electron chi connectivity index (χ4n) is 2.91. The molecule has 146 valence electrons. The summed E-state index contributed by atoms with van der Waals surface area (Å²) in [4.78, 5) is 31.2. The van der Waals surface area contributed by atoms with E-state index in [1.165, 1.54) is 4.90 Å². The Morgan fingerprint density at radius 3 is 2.50 bits per heavy atom. The molecule has 1 aromatic carbocycles. The first-order valence-corrected chi connectivity index (χ1v) is 9.15. The van der Waals surface area contributed by atoms with Crippen LogP contribution < -0.4 is 5.32 Å². The molecule has 0 radical (unpaired) electrons. The molecule has 1 N–H and O–H groups in total. The zero-order valence-corrected chi connectivity index (χ0v) is 16.7. The quantitative estimate of drug-likeness (QED) is 0.729. The summed E-state index contributed by atoms with van der Waals surface area (Å²) in [7, 11) is 1.60. The van der Waals surface area contributed by atoms with Crippen molar-refractivity contribution in [3.8, 4) is 0 Å². The largest absolute Gasteiger partial charge is 0.336 e. The van der Waals surface area contributed by atoms with Crippen LogP contribution in [-0.2, 0) is 4.79 Å². The van der Waals surface area contributed by atoms with Crippen LogP contribution >= 0.6 is 0 Å². The first-order chi connectivity index (χ1) is 13.3. The third kappa shape index (κ3) is 4.03. The maximum absolute atomic E-state index is 13.1. The molecule has 0 aliphatic heterocycles. The lowest BCUT2D eigenvalue weighted by Crippen LogP contribution is -2.35. The Labute approximate surface area is 163 Å². The molecule has 0 saturated heterocycles. The van der Waals surface area contributed by atoms with Crippen LogP contribution in [0.5, 0.6) is 0 Å². The third-order valence-electron chi connectivity index (χ3n) is 4.52. The zero-order chi connectivity index (χ0) is 20.4. The lowest BCUT2D eigenvalue weighted by atomic mass is 10.0. The highest BCUT2D eigenvalue weighted by Gasteiger charge is 2.23. The molecule has 0 bridgehead atoms. The molecular formula is C21H24N4O3. The molecule has 0 saturated carbocycles. The van der Waals surface area contributed by atoms with Gasteiger partial charge in [0.2, 0.25) is 5.91 Å². The van der Waals surface area contributed by atoms with Crippen LogP contribution in [-0.4, -0.2) is 40.4 Å². The van der Waals surface area contributed by atoms with Crippen molar-refractivity contribution in [2.24, 2.45) is 0 Å². The van der Waals surface area contributed by atoms with E-state index in [9.17, 15) is 9.59 Å². The highest BCUT2D eigenvalue weighted by molar-refractivity contribution is 6.07. The van der Waals surface area contributed by atoms with E-state index in [1.807, 2.05) is 45.0 Å². The average Bonchev–Trinajstić information content (AvgIpc) is 3.03. The second kappa shape index (κ2) is 7.80. The molecule has 0 fully saturated rings. The molecule has 2 aromatic heterocycles. The van der Waals surface area contributed by atoms with Gasteiger partial charge in [-0.25, -0.2) is 4.98 Å². The Balaban J connectivity index is 1.81. The van der Waals surface area contributed by atoms with Crippen molar-refractivity contribution in [2.75, 3.05) is 18.9 Å². The molecule has 28 heavy (non-hydrogen) atoms. The topological polar surface area (TPSA) is 88.3 Å². The van der Waals surface area contributed by atoms with Crippen LogP contribution in [0.4, 0.5) is 5.69 Å². The molecule has 3 aromatic rings. The SMILES string of the molecule is Cc1ccc(NC(=O)CN(C)C(=O)c2cc(C(C)C)nc3onc(C)c23)cc1. The van der Waals surface area contributed by atoms with Crippen LogP contribution in [0.1, 0.15) is 47.1 Å². The number of pyridine rings is 1. The number of rotatable bonds is 5. The minimum Gasteiger partial charge on any atom is -0.336 e. The van der Waals surface area contributed by atoms with E-state index >= 15 is 0 Å². The number of hydrogen-bond acceptors (Lipinski definition) is 5. The van der Waals surface area contributed by atoms with Gasteiger partial charge >= 0.3 is 0 Å². The molecule has 7 heteroatoms. The summed E-state index contributed by atoms with van der Waals surface area (Å²) in [5, 5.41) is 7.32. The summed E-state index contributed by atoms with van der Waals surface area (Å²) in [5.41, 5.74) is 3.92. The normalized spacial score (nSPS) is 11.1. The highest BCUT2D eigenvalue weighted by Crippen LogP contribution is 2.26. The van der Waals surface area contributed by atoms with E-state index in [0.29, 0.717) is 28.0 Å². The van der Waals surface area contributed by atoms with Crippen LogP contribution in [0.3, 0.4) is 0 Å². The summed E-state index contributed by atoms with van der Waals surface area (Å²) >= 11 is 0. The van der Waals surface area contributed by atoms with Crippen LogP contribution in [0.2, 0.25) is 0 Å². The summed E-state index contributed by atoms with van der Waals surface area (Å²) in [6.07, 6.45) is 0. The average molecular weight is 380 g/mol. The maximum atomic E-state index is 13.1. The first kappa shape index (κ1) is 19.5. The van der Waals surface area contributed by atoms with E-state index in [0.717, 1.165) is 11.3 Å². The Kier molecular flexibility index (Phi) is 5.44. The van der Waals surface area contributed by atoms with Crippen molar-refractivity contribution in [2.45, 2.75) is 33.6 Å². The number of aryl methyl sites for hydroxylation is 2. The first-order valence-electron chi connectivity index (χ1n) is 9.15. The Morgan fingerprint density at radius 1 is 1.18 bits per heavy atom. The summed E-state index contributed by atoms with van der Waals surface area (Å²) in [5.74, 6) is -0.424. The predicted molar refractivity (Wildman–Crippen MR) is 107 cm³/mol. The van der Waals surface area contributed by atoms with Gasteiger partial charge in [-0.05, 0) is 38.0 Å². The van der Waals surface area contributed by atoms with Gasteiger partial charge in [0.25, 0.3) is 11.6 Å². The molecule has 3 rings (SSSR count). The maximum Gasteiger partial charge on any atom is 0.259 e. The molecule has 0 aliphatic rings. The molecule has 0 aliphatic carbocycles. The number of nitrogens with zero attached hydrogens (tertiary/aromatic N) is 3. The van der Waals surface area contributed by atoms with Gasteiger partial charge in [0.15, 0.2) is 0 Å². The molecule has 0 unspecified atom stereocenters. The number of benzene rings is 1. The molecule has 2 amide bonds. The van der Waals surface area contributed by atoms with E-state index < -0.39 is 0 Å². The number of aromatic nitrogens is 2. The number of anilines is 1. The van der Waals surface area contributed by atoms with E-state index in [2.05, 4.69) is 15.5 Å². The Morgan fingerprint density at radius 2 is 1.86 bits per heavy atom. The molecular weight excluding hydrogens is 356 g/mol. The van der Waals surface area contributed by atoms with Gasteiger partial charge in [-0.15, -0.1) is 0 Å². The van der Waals surface area contributed by atoms with E-state index in [1.54, 1.807) is 20.0 Å². The third-order valence-corrected chi connectivity index (χ3v) is 4.52. The number of hydrogen-bond donors (Lipinski definition) is 1. The smallest absolute Gasteiger partial charge is 0.259 e. The predicted octanol–water partition coefficient (Wildman–Crippen LogP) is 3.67. The van der Waals surface area contributed by atoms with Gasteiger partial charge in [-0.1, -0.05) is 36.7 Å². The molecule has 2 heterocycles. The second-order valence-electron chi connectivity index (χ2n) is 7.27. The van der Waals surface area contributed by atoms with Gasteiger partial charge in [-0.3, -0.25) is 9.59 Å². The Hall–Kier alpha value is -3.22. The Bertz CT molecular complexity index is 1020. The number of carbonyl (C=O) groups is 2. The van der Waals surface area contributed by atoms with Crippen molar-refractivity contribution in [3.63, 3.8) is 0 Å². The van der Waals surface area contributed by atoms with E-state index in [4.69, 9.17) is 4.52 Å². The van der Waals surface area contributed by atoms with Crippen LogP contribution in [0.15, 0.2) is 34.9 Å². The van der Waals surface area contributed by atoms with Gasteiger partial charge in [0, 0.05) is 18.4 Å². The second-order valence-corrected chi connectivity index (χ2v) is 7.27. The number of likely N-dealkylation sites (N-methyl/N-ethyl adjacent to an activating group) is 1. The standard InChI is InChI=1S/C21H24N4O3/c1-12(2)17-10-16(19-14(4)24-28-20(19)23-17)21(27)25(5)11-18(26)22-15-8-6-13(3)7-9-15/h6-10,12H,11H2,1-5H3,(H,22,26). The minimum absolute atomic E-state index is 0.0716. The summed E-state index contributed by atoms with van der Waals surface area (Å²) < 4.78 is 5.27. The number of nitrogens with one attached hydrogen (secondary N) is 1. The molecule has 0 spiro atoms. The number of fused-ring (bicyclic) bond motifs is 1. The fourth-order valence-corrected chi connectivity index (χ4v) is 2.91. The fraction of sp³-hybridized carbons (Fsp3) is 0.333. The van der Waals surface area contributed by atoms with Gasteiger partial charge in [-0.2, -0.15) is 0 Å². The van der Waals surface area contributed by atoms with Crippen molar-refractivity contribution >= 4 is 28.6 Å². The summed E-state index contributed by atoms with van der Waals surface area (Å²) in [6.45, 7) is 7.65. The highest BCUT2D eigenvalue weighted by atomic mass is 16.5. The van der Waals surface area contributed by atoms with Crippen molar-refractivity contribution in [1.82, 2.24) is 15.0 Å². The molecule has 7 nitrogen and oxygen atoms in total. The van der Waals surface area contributed by atoms with Crippen LogP contribution in [0, 0.1) is 13.8 Å². The lowest BCUT2D eigenvalue weighted by Gasteiger charge is -2.18. The van der Waals surface area contributed by atoms with Crippen molar-refractivity contribution < 1.29 is 14.1 Å². The van der Waals surface area contributed by atoms with Gasteiger partial charge in [0.1, 0.15) is 0 Å². The van der Waals surface area contributed by atoms with Crippen LogP contribution in [0.25, 0.3) is 11.1 Å². The van der Waals surface area contributed by atoms with E-state index in [-0.39, 0.29) is 24.3 Å². The zero-order valence-electron chi connectivity index (χ0n) is 16.7. The molecule has 0 atom stereocenters.